The van der Waals surface area contributed by atoms with E-state index in [9.17, 15) is 14.7 Å². The number of hydrogen-bond donors (Lipinski definition) is 3. The molecule has 1 aliphatic heterocycles. The van der Waals surface area contributed by atoms with Gasteiger partial charge in [-0.15, -0.1) is 11.3 Å². The molecule has 24 heavy (non-hydrogen) atoms. The molecular formula is C17H15BrN2O3S. The van der Waals surface area contributed by atoms with Crippen LogP contribution in [-0.2, 0) is 9.59 Å². The Morgan fingerprint density at radius 3 is 2.67 bits per heavy atom. The maximum Gasteiger partial charge on any atom is 0.336 e. The smallest absolute Gasteiger partial charge is 0.336 e. The van der Waals surface area contributed by atoms with E-state index in [0.29, 0.717) is 11.3 Å². The molecule has 1 aliphatic rings. The SMILES string of the molecule is CC(=O)C1=C(C)NC(N)=C(C(=O)O)C1c1csc2c(Br)cccc12. The van der Waals surface area contributed by atoms with Crippen molar-refractivity contribution in [3.05, 3.63) is 56.3 Å². The number of rotatable bonds is 3. The molecule has 0 fully saturated rings. The number of hydrogen-bond acceptors (Lipinski definition) is 5. The van der Waals surface area contributed by atoms with Gasteiger partial charge in [-0.25, -0.2) is 4.79 Å². The first-order valence-corrected chi connectivity index (χ1v) is 8.87. The van der Waals surface area contributed by atoms with Crippen LogP contribution in [0.2, 0.25) is 0 Å². The first-order valence-electron chi connectivity index (χ1n) is 7.20. The van der Waals surface area contributed by atoms with Crippen LogP contribution in [0.25, 0.3) is 10.1 Å². The summed E-state index contributed by atoms with van der Waals surface area (Å²) in [5, 5.41) is 15.3. The van der Waals surface area contributed by atoms with Gasteiger partial charge < -0.3 is 16.2 Å². The van der Waals surface area contributed by atoms with Gasteiger partial charge in [-0.1, -0.05) is 12.1 Å². The largest absolute Gasteiger partial charge is 0.478 e. The molecular weight excluding hydrogens is 392 g/mol. The molecule has 0 aliphatic carbocycles. The van der Waals surface area contributed by atoms with Gasteiger partial charge in [0, 0.05) is 20.4 Å². The summed E-state index contributed by atoms with van der Waals surface area (Å²) >= 11 is 5.02. The number of nitrogens with two attached hydrogens (primary N) is 1. The van der Waals surface area contributed by atoms with Crippen LogP contribution in [0.4, 0.5) is 0 Å². The first-order chi connectivity index (χ1) is 11.3. The third-order valence-electron chi connectivity index (χ3n) is 4.10. The Labute approximate surface area is 151 Å². The molecule has 1 atom stereocenters. The van der Waals surface area contributed by atoms with Crippen LogP contribution in [0.3, 0.4) is 0 Å². The van der Waals surface area contributed by atoms with Crippen molar-refractivity contribution in [2.45, 2.75) is 19.8 Å². The van der Waals surface area contributed by atoms with E-state index >= 15 is 0 Å². The van der Waals surface area contributed by atoms with Crippen molar-refractivity contribution in [1.82, 2.24) is 5.32 Å². The Morgan fingerprint density at radius 1 is 1.33 bits per heavy atom. The summed E-state index contributed by atoms with van der Waals surface area (Å²) < 4.78 is 1.94. The van der Waals surface area contributed by atoms with E-state index in [0.717, 1.165) is 20.1 Å². The maximum atomic E-state index is 12.2. The van der Waals surface area contributed by atoms with Crippen LogP contribution in [0.5, 0.6) is 0 Å². The molecule has 0 bridgehead atoms. The van der Waals surface area contributed by atoms with E-state index < -0.39 is 11.9 Å². The van der Waals surface area contributed by atoms with E-state index in [1.54, 1.807) is 6.92 Å². The van der Waals surface area contributed by atoms with Crippen molar-refractivity contribution >= 4 is 49.1 Å². The third-order valence-corrected chi connectivity index (χ3v) is 6.07. The van der Waals surface area contributed by atoms with Gasteiger partial charge in [0.15, 0.2) is 5.78 Å². The number of aliphatic carboxylic acids is 1. The summed E-state index contributed by atoms with van der Waals surface area (Å²) in [5.74, 6) is -1.93. The number of thiophene rings is 1. The quantitative estimate of drug-likeness (QED) is 0.725. The number of fused-ring (bicyclic) bond motifs is 1. The van der Waals surface area contributed by atoms with Crippen molar-refractivity contribution in [3.63, 3.8) is 0 Å². The molecule has 5 nitrogen and oxygen atoms in total. The Morgan fingerprint density at radius 2 is 2.04 bits per heavy atom. The molecule has 0 spiro atoms. The lowest BCUT2D eigenvalue weighted by molar-refractivity contribution is -0.133. The van der Waals surface area contributed by atoms with Crippen LogP contribution in [-0.4, -0.2) is 16.9 Å². The standard InChI is InChI=1S/C17H15BrN2O3S/c1-7-12(8(2)21)13(14(17(22)23)16(19)20-7)10-6-24-15-9(10)4-3-5-11(15)18/h3-6,13,20H,19H2,1-2H3,(H,22,23). The number of dihydropyridines is 1. The summed E-state index contributed by atoms with van der Waals surface area (Å²) in [4.78, 5) is 24.1. The number of allylic oxidation sites excluding steroid dienone is 2. The van der Waals surface area contributed by atoms with Crippen molar-refractivity contribution in [3.8, 4) is 0 Å². The highest BCUT2D eigenvalue weighted by atomic mass is 79.9. The molecule has 1 aromatic carbocycles. The molecule has 124 valence electrons. The predicted octanol–water partition coefficient (Wildman–Crippen LogP) is 3.47. The van der Waals surface area contributed by atoms with E-state index in [2.05, 4.69) is 21.2 Å². The van der Waals surface area contributed by atoms with Crippen molar-refractivity contribution < 1.29 is 14.7 Å². The normalized spacial score (nSPS) is 18.0. The fourth-order valence-electron chi connectivity index (χ4n) is 3.14. The predicted molar refractivity (Wildman–Crippen MR) is 97.6 cm³/mol. The molecule has 1 aromatic heterocycles. The molecule has 0 radical (unpaired) electrons. The highest BCUT2D eigenvalue weighted by Crippen LogP contribution is 2.44. The lowest BCUT2D eigenvalue weighted by Crippen LogP contribution is -2.34. The zero-order valence-corrected chi connectivity index (χ0v) is 15.4. The van der Waals surface area contributed by atoms with Crippen LogP contribution in [0, 0.1) is 0 Å². The third kappa shape index (κ3) is 2.53. The minimum absolute atomic E-state index is 0.00507. The summed E-state index contributed by atoms with van der Waals surface area (Å²) in [6.45, 7) is 3.18. The van der Waals surface area contributed by atoms with E-state index in [1.807, 2.05) is 23.6 Å². The number of ketones is 1. The molecule has 0 saturated carbocycles. The van der Waals surface area contributed by atoms with Gasteiger partial charge in [0.05, 0.1) is 11.5 Å². The van der Waals surface area contributed by atoms with E-state index in [4.69, 9.17) is 5.73 Å². The first kappa shape index (κ1) is 16.7. The number of Topliss-reactive ketones (excluding diaryl/α,β-unsaturated/α-hetero) is 1. The van der Waals surface area contributed by atoms with Crippen LogP contribution >= 0.6 is 27.3 Å². The topological polar surface area (TPSA) is 92.4 Å². The lowest BCUT2D eigenvalue weighted by Gasteiger charge is -2.28. The average Bonchev–Trinajstić information content (AvgIpc) is 2.90. The Balaban J connectivity index is 2.33. The van der Waals surface area contributed by atoms with Crippen molar-refractivity contribution in [1.29, 1.82) is 0 Å². The van der Waals surface area contributed by atoms with Crippen LogP contribution in [0.15, 0.2) is 50.7 Å². The number of halogens is 1. The van der Waals surface area contributed by atoms with Gasteiger partial charge in [0.1, 0.15) is 5.82 Å². The molecule has 4 N–H and O–H groups in total. The van der Waals surface area contributed by atoms with Gasteiger partial charge in [0.25, 0.3) is 0 Å². The van der Waals surface area contributed by atoms with Gasteiger partial charge in [0.2, 0.25) is 0 Å². The summed E-state index contributed by atoms with van der Waals surface area (Å²) in [6.07, 6.45) is 0. The van der Waals surface area contributed by atoms with E-state index in [1.165, 1.54) is 18.3 Å². The molecule has 2 aromatic rings. The van der Waals surface area contributed by atoms with E-state index in [-0.39, 0.29) is 17.2 Å². The van der Waals surface area contributed by atoms with Crippen LogP contribution in [0.1, 0.15) is 25.3 Å². The maximum absolute atomic E-state index is 12.2. The number of carbonyl (C=O) groups excluding carboxylic acids is 1. The number of nitrogens with one attached hydrogen (secondary N) is 1. The zero-order chi connectivity index (χ0) is 17.6. The zero-order valence-electron chi connectivity index (χ0n) is 13.0. The summed E-state index contributed by atoms with van der Waals surface area (Å²) in [7, 11) is 0. The highest BCUT2D eigenvalue weighted by molar-refractivity contribution is 9.10. The fraction of sp³-hybridized carbons (Fsp3) is 0.176. The molecule has 0 saturated heterocycles. The molecule has 0 amide bonds. The summed E-state index contributed by atoms with van der Waals surface area (Å²) in [5.41, 5.74) is 7.74. The second-order valence-corrected chi connectivity index (χ2v) is 7.33. The summed E-state index contributed by atoms with van der Waals surface area (Å²) in [6, 6.07) is 5.75. The Hall–Kier alpha value is -2.12. The highest BCUT2D eigenvalue weighted by Gasteiger charge is 2.36. The Bertz CT molecular complexity index is 906. The minimum Gasteiger partial charge on any atom is -0.478 e. The number of carboxylic acid groups (broad SMARTS) is 1. The molecule has 7 heteroatoms. The number of benzene rings is 1. The average molecular weight is 407 g/mol. The van der Waals surface area contributed by atoms with Crippen molar-refractivity contribution in [2.24, 2.45) is 5.73 Å². The van der Waals surface area contributed by atoms with Gasteiger partial charge in [-0.3, -0.25) is 4.79 Å². The van der Waals surface area contributed by atoms with Gasteiger partial charge in [-0.05, 0) is 52.2 Å². The monoisotopic (exact) mass is 406 g/mol. The Kier molecular flexibility index (Phi) is 4.23. The fourth-order valence-corrected chi connectivity index (χ4v) is 4.78. The number of carboxylic acids is 1. The molecule has 1 unspecified atom stereocenters. The lowest BCUT2D eigenvalue weighted by atomic mass is 9.80. The molecule has 2 heterocycles. The van der Waals surface area contributed by atoms with Gasteiger partial charge in [-0.2, -0.15) is 0 Å². The molecule has 3 rings (SSSR count). The van der Waals surface area contributed by atoms with Gasteiger partial charge >= 0.3 is 5.97 Å². The minimum atomic E-state index is -1.13. The second-order valence-electron chi connectivity index (χ2n) is 5.59. The second kappa shape index (κ2) is 6.07. The van der Waals surface area contributed by atoms with Crippen molar-refractivity contribution in [2.75, 3.05) is 0 Å². The van der Waals surface area contributed by atoms with Crippen LogP contribution < -0.4 is 11.1 Å². The number of carbonyl (C=O) groups is 2.